The third kappa shape index (κ3) is 3.63. The van der Waals surface area contributed by atoms with E-state index in [1.54, 1.807) is 4.90 Å². The molecule has 1 amide bonds. The molecule has 2 aliphatic rings. The number of nitrogens with zero attached hydrogens (tertiary/aromatic N) is 6. The molecule has 0 bridgehead atoms. The van der Waals surface area contributed by atoms with Crippen molar-refractivity contribution in [3.05, 3.63) is 36.4 Å². The number of carbonyl (C=O) groups excluding carboxylic acids is 1. The van der Waals surface area contributed by atoms with Crippen LogP contribution in [0.2, 0.25) is 0 Å². The molecule has 2 saturated heterocycles. The number of carbonyl (C=O) groups is 1. The van der Waals surface area contributed by atoms with Crippen LogP contribution in [-0.4, -0.2) is 81.6 Å². The van der Waals surface area contributed by atoms with Gasteiger partial charge in [0.15, 0.2) is 0 Å². The standard InChI is InChI=1S/C17H21FN6O4S/c18-14-2-1-3-15(6-14)29(27,28)24-8-13-7-22(9-17(13,10-24)11-25)16(26)4-5-23-12-19-20-21-23/h1-3,6,12-13,25H,4-5,7-11H2. The van der Waals surface area contributed by atoms with Gasteiger partial charge in [-0.1, -0.05) is 6.07 Å². The van der Waals surface area contributed by atoms with Crippen LogP contribution in [0.4, 0.5) is 4.39 Å². The van der Waals surface area contributed by atoms with E-state index in [1.165, 1.54) is 33.5 Å². The van der Waals surface area contributed by atoms with Gasteiger partial charge in [-0.25, -0.2) is 17.5 Å². The second kappa shape index (κ2) is 7.43. The Kier molecular flexibility index (Phi) is 5.09. The fourth-order valence-electron chi connectivity index (χ4n) is 4.16. The lowest BCUT2D eigenvalue weighted by Gasteiger charge is -2.27. The number of sulfonamides is 1. The van der Waals surface area contributed by atoms with E-state index >= 15 is 0 Å². The number of tetrazole rings is 1. The van der Waals surface area contributed by atoms with E-state index in [2.05, 4.69) is 15.5 Å². The first kappa shape index (κ1) is 19.9. The zero-order chi connectivity index (χ0) is 20.6. The maximum atomic E-state index is 13.5. The Hall–Kier alpha value is -2.44. The molecule has 1 N–H and O–H groups in total. The molecular weight excluding hydrogens is 403 g/mol. The Balaban J connectivity index is 1.45. The molecule has 0 radical (unpaired) electrons. The summed E-state index contributed by atoms with van der Waals surface area (Å²) < 4.78 is 42.0. The number of aliphatic hydroxyl groups is 1. The van der Waals surface area contributed by atoms with Gasteiger partial charge in [0, 0.05) is 43.9 Å². The van der Waals surface area contributed by atoms with Gasteiger partial charge in [0.05, 0.1) is 18.0 Å². The van der Waals surface area contributed by atoms with Crippen LogP contribution in [0.15, 0.2) is 35.5 Å². The van der Waals surface area contributed by atoms with Crippen molar-refractivity contribution in [3.8, 4) is 0 Å². The second-order valence-electron chi connectivity index (χ2n) is 7.57. The molecule has 2 atom stereocenters. The van der Waals surface area contributed by atoms with Crippen LogP contribution in [0, 0.1) is 17.2 Å². The molecule has 2 aromatic rings. The molecule has 3 heterocycles. The summed E-state index contributed by atoms with van der Waals surface area (Å²) in [6.07, 6.45) is 1.64. The summed E-state index contributed by atoms with van der Waals surface area (Å²) in [6.45, 7) is 1.02. The van der Waals surface area contributed by atoms with E-state index in [4.69, 9.17) is 0 Å². The molecule has 1 aromatic carbocycles. The van der Waals surface area contributed by atoms with E-state index in [9.17, 15) is 22.7 Å². The van der Waals surface area contributed by atoms with Crippen molar-refractivity contribution in [2.75, 3.05) is 32.8 Å². The number of rotatable bonds is 6. The summed E-state index contributed by atoms with van der Waals surface area (Å²) in [5.74, 6) is -0.906. The molecular formula is C17H21FN6O4S. The van der Waals surface area contributed by atoms with Crippen LogP contribution in [0.25, 0.3) is 0 Å². The maximum Gasteiger partial charge on any atom is 0.243 e. The largest absolute Gasteiger partial charge is 0.396 e. The molecule has 12 heteroatoms. The van der Waals surface area contributed by atoms with E-state index in [-0.39, 0.29) is 49.4 Å². The third-order valence-corrected chi connectivity index (χ3v) is 7.58. The molecule has 10 nitrogen and oxygen atoms in total. The molecule has 2 fully saturated rings. The quantitative estimate of drug-likeness (QED) is 0.654. The summed E-state index contributed by atoms with van der Waals surface area (Å²) in [6, 6.07) is 4.88. The van der Waals surface area contributed by atoms with Gasteiger partial charge in [0.1, 0.15) is 12.1 Å². The monoisotopic (exact) mass is 424 g/mol. The first-order chi connectivity index (χ1) is 13.8. The van der Waals surface area contributed by atoms with Crippen molar-refractivity contribution >= 4 is 15.9 Å². The van der Waals surface area contributed by atoms with Gasteiger partial charge in [0.25, 0.3) is 0 Å². The number of fused-ring (bicyclic) bond motifs is 1. The molecule has 2 unspecified atom stereocenters. The number of benzene rings is 1. The number of hydrogen-bond donors (Lipinski definition) is 1. The summed E-state index contributed by atoms with van der Waals surface area (Å²) in [7, 11) is -3.88. The normalized spacial score (nSPS) is 24.8. The Morgan fingerprint density at radius 3 is 2.79 bits per heavy atom. The lowest BCUT2D eigenvalue weighted by atomic mass is 9.82. The fraction of sp³-hybridized carbons (Fsp3) is 0.529. The zero-order valence-electron chi connectivity index (χ0n) is 15.6. The van der Waals surface area contributed by atoms with Gasteiger partial charge >= 0.3 is 0 Å². The number of amides is 1. The molecule has 156 valence electrons. The number of aromatic nitrogens is 4. The lowest BCUT2D eigenvalue weighted by molar-refractivity contribution is -0.131. The highest BCUT2D eigenvalue weighted by molar-refractivity contribution is 7.89. The lowest BCUT2D eigenvalue weighted by Crippen LogP contribution is -2.40. The minimum absolute atomic E-state index is 0.0871. The molecule has 29 heavy (non-hydrogen) atoms. The Morgan fingerprint density at radius 1 is 1.31 bits per heavy atom. The average Bonchev–Trinajstić information content (AvgIpc) is 3.40. The number of hydrogen-bond acceptors (Lipinski definition) is 7. The highest BCUT2D eigenvalue weighted by Gasteiger charge is 2.55. The van der Waals surface area contributed by atoms with Crippen molar-refractivity contribution in [2.24, 2.45) is 11.3 Å². The highest BCUT2D eigenvalue weighted by Crippen LogP contribution is 2.44. The molecule has 0 aliphatic carbocycles. The van der Waals surface area contributed by atoms with Crippen LogP contribution >= 0.6 is 0 Å². The minimum Gasteiger partial charge on any atom is -0.396 e. The van der Waals surface area contributed by atoms with Crippen LogP contribution < -0.4 is 0 Å². The third-order valence-electron chi connectivity index (χ3n) is 5.78. The van der Waals surface area contributed by atoms with Crippen LogP contribution in [0.3, 0.4) is 0 Å². The molecule has 0 saturated carbocycles. The van der Waals surface area contributed by atoms with Gasteiger partial charge in [-0.15, -0.1) is 5.10 Å². The van der Waals surface area contributed by atoms with Crippen molar-refractivity contribution < 1.29 is 22.7 Å². The summed E-state index contributed by atoms with van der Waals surface area (Å²) in [5, 5.41) is 20.8. The zero-order valence-corrected chi connectivity index (χ0v) is 16.4. The maximum absolute atomic E-state index is 13.5. The Bertz CT molecular complexity index is 1000. The topological polar surface area (TPSA) is 122 Å². The van der Waals surface area contributed by atoms with Crippen molar-refractivity contribution in [2.45, 2.75) is 17.9 Å². The number of aliphatic hydroxyl groups excluding tert-OH is 1. The van der Waals surface area contributed by atoms with E-state index in [0.717, 1.165) is 6.07 Å². The smallest absolute Gasteiger partial charge is 0.243 e. The predicted octanol–water partition coefficient (Wildman–Crippen LogP) is -0.656. The van der Waals surface area contributed by atoms with Crippen LogP contribution in [-0.2, 0) is 21.4 Å². The SMILES string of the molecule is O=C(CCn1cnnn1)N1CC2CN(S(=O)(=O)c3cccc(F)c3)CC2(CO)C1. The van der Waals surface area contributed by atoms with E-state index in [0.29, 0.717) is 13.1 Å². The van der Waals surface area contributed by atoms with E-state index < -0.39 is 21.3 Å². The first-order valence-corrected chi connectivity index (χ1v) is 10.6. The summed E-state index contributed by atoms with van der Waals surface area (Å²) >= 11 is 0. The van der Waals surface area contributed by atoms with Crippen molar-refractivity contribution in [1.29, 1.82) is 0 Å². The number of aryl methyl sites for hydroxylation is 1. The van der Waals surface area contributed by atoms with Crippen LogP contribution in [0.5, 0.6) is 0 Å². The predicted molar refractivity (Wildman–Crippen MR) is 97.2 cm³/mol. The van der Waals surface area contributed by atoms with Crippen LogP contribution in [0.1, 0.15) is 6.42 Å². The van der Waals surface area contributed by atoms with Gasteiger partial charge in [-0.05, 0) is 28.6 Å². The van der Waals surface area contributed by atoms with E-state index in [1.807, 2.05) is 0 Å². The summed E-state index contributed by atoms with van der Waals surface area (Å²) in [5.41, 5.74) is -0.717. The Labute approximate surface area is 167 Å². The Morgan fingerprint density at radius 2 is 2.14 bits per heavy atom. The van der Waals surface area contributed by atoms with Crippen molar-refractivity contribution in [1.82, 2.24) is 29.4 Å². The molecule has 2 aliphatic heterocycles. The average molecular weight is 424 g/mol. The van der Waals surface area contributed by atoms with Gasteiger partial charge in [0.2, 0.25) is 15.9 Å². The fourth-order valence-corrected chi connectivity index (χ4v) is 5.77. The minimum atomic E-state index is -3.88. The van der Waals surface area contributed by atoms with Gasteiger partial charge in [-0.3, -0.25) is 4.79 Å². The molecule has 1 aromatic heterocycles. The molecule has 0 spiro atoms. The molecule has 4 rings (SSSR count). The summed E-state index contributed by atoms with van der Waals surface area (Å²) in [4.78, 5) is 14.1. The van der Waals surface area contributed by atoms with Crippen molar-refractivity contribution in [3.63, 3.8) is 0 Å². The number of likely N-dealkylation sites (tertiary alicyclic amines) is 1. The van der Waals surface area contributed by atoms with Gasteiger partial charge < -0.3 is 10.0 Å². The highest BCUT2D eigenvalue weighted by atomic mass is 32.2. The first-order valence-electron chi connectivity index (χ1n) is 9.19. The number of halogens is 1. The second-order valence-corrected chi connectivity index (χ2v) is 9.51. The van der Waals surface area contributed by atoms with Gasteiger partial charge in [-0.2, -0.15) is 4.31 Å².